The van der Waals surface area contributed by atoms with Gasteiger partial charge in [0, 0.05) is 18.2 Å². The summed E-state index contributed by atoms with van der Waals surface area (Å²) in [6, 6.07) is 15.0. The lowest BCUT2D eigenvalue weighted by molar-refractivity contribution is 0.354. The fourth-order valence-corrected chi connectivity index (χ4v) is 3.59. The van der Waals surface area contributed by atoms with Crippen LogP contribution in [0.25, 0.3) is 0 Å². The van der Waals surface area contributed by atoms with Crippen LogP contribution < -0.4 is 19.8 Å². The number of hydrogen-bond acceptors (Lipinski definition) is 6. The lowest BCUT2D eigenvalue weighted by Crippen LogP contribution is -2.10. The molecular formula is C21H22N2O4S. The fraction of sp³-hybridized carbons (Fsp3) is 0.238. The summed E-state index contributed by atoms with van der Waals surface area (Å²) in [5.74, 6) is 2.80. The Kier molecular flexibility index (Phi) is 6.60. The molecule has 1 aromatic heterocycles. The van der Waals surface area contributed by atoms with Crippen molar-refractivity contribution in [3.8, 4) is 17.2 Å². The van der Waals surface area contributed by atoms with Crippen LogP contribution in [0.4, 0.5) is 0 Å². The van der Waals surface area contributed by atoms with Gasteiger partial charge in [0.2, 0.25) is 0 Å². The number of ether oxygens (including phenoxy) is 3. The number of aromatic nitrogens is 2. The number of H-pyrrole nitrogens is 1. The van der Waals surface area contributed by atoms with Crippen molar-refractivity contribution in [3.63, 3.8) is 0 Å². The minimum absolute atomic E-state index is 0.168. The molecule has 0 aliphatic carbocycles. The first-order valence-electron chi connectivity index (χ1n) is 8.68. The normalized spacial score (nSPS) is 10.5. The highest BCUT2D eigenvalue weighted by molar-refractivity contribution is 7.98. The Balaban J connectivity index is 1.75. The zero-order chi connectivity index (χ0) is 19.9. The van der Waals surface area contributed by atoms with Crippen LogP contribution in [0.3, 0.4) is 0 Å². The number of methoxy groups -OCH3 is 3. The van der Waals surface area contributed by atoms with Gasteiger partial charge in [-0.2, -0.15) is 0 Å². The molecule has 0 bridgehead atoms. The van der Waals surface area contributed by atoms with Crippen molar-refractivity contribution >= 4 is 11.8 Å². The molecule has 2 aromatic carbocycles. The average molecular weight is 398 g/mol. The summed E-state index contributed by atoms with van der Waals surface area (Å²) in [6.45, 7) is 0. The van der Waals surface area contributed by atoms with Gasteiger partial charge in [-0.15, -0.1) is 0 Å². The van der Waals surface area contributed by atoms with Gasteiger partial charge in [0.1, 0.15) is 5.75 Å². The lowest BCUT2D eigenvalue weighted by atomic mass is 10.1. The highest BCUT2D eigenvalue weighted by atomic mass is 32.2. The van der Waals surface area contributed by atoms with E-state index in [-0.39, 0.29) is 5.56 Å². The predicted octanol–water partition coefficient (Wildman–Crippen LogP) is 3.68. The number of nitrogens with zero attached hydrogens (tertiary/aromatic N) is 1. The van der Waals surface area contributed by atoms with Crippen molar-refractivity contribution in [2.24, 2.45) is 0 Å². The van der Waals surface area contributed by atoms with Crippen molar-refractivity contribution in [1.82, 2.24) is 9.97 Å². The quantitative estimate of drug-likeness (QED) is 0.461. The Morgan fingerprint density at radius 1 is 0.929 bits per heavy atom. The number of rotatable bonds is 8. The Morgan fingerprint density at radius 2 is 1.75 bits per heavy atom. The van der Waals surface area contributed by atoms with E-state index in [2.05, 4.69) is 9.97 Å². The third-order valence-corrected chi connectivity index (χ3v) is 5.06. The minimum Gasteiger partial charge on any atom is -0.497 e. The molecule has 146 valence electrons. The molecule has 0 saturated carbocycles. The van der Waals surface area contributed by atoms with Crippen LogP contribution in [0, 0.1) is 0 Å². The SMILES string of the molecule is COc1cccc(CSc2nc(Cc3ccc(OC)c(OC)c3)cc(=O)[nH]2)c1. The maximum absolute atomic E-state index is 12.1. The van der Waals surface area contributed by atoms with Gasteiger partial charge in [0.25, 0.3) is 5.56 Å². The third kappa shape index (κ3) is 5.07. The van der Waals surface area contributed by atoms with Crippen LogP contribution in [0.5, 0.6) is 17.2 Å². The molecule has 1 N–H and O–H groups in total. The average Bonchev–Trinajstić information content (AvgIpc) is 2.72. The lowest BCUT2D eigenvalue weighted by Gasteiger charge is -2.10. The maximum atomic E-state index is 12.1. The van der Waals surface area contributed by atoms with Gasteiger partial charge < -0.3 is 19.2 Å². The van der Waals surface area contributed by atoms with Gasteiger partial charge in [0.15, 0.2) is 16.7 Å². The van der Waals surface area contributed by atoms with Crippen molar-refractivity contribution in [2.75, 3.05) is 21.3 Å². The predicted molar refractivity (Wildman–Crippen MR) is 110 cm³/mol. The molecule has 0 saturated heterocycles. The van der Waals surface area contributed by atoms with E-state index < -0.39 is 0 Å². The molecule has 0 aliphatic heterocycles. The molecule has 0 aliphatic rings. The Bertz CT molecular complexity index is 1000. The smallest absolute Gasteiger partial charge is 0.251 e. The highest BCUT2D eigenvalue weighted by Gasteiger charge is 2.08. The van der Waals surface area contributed by atoms with Crippen LogP contribution in [0.15, 0.2) is 58.5 Å². The van der Waals surface area contributed by atoms with Crippen LogP contribution in [0.1, 0.15) is 16.8 Å². The largest absolute Gasteiger partial charge is 0.497 e. The molecule has 0 radical (unpaired) electrons. The van der Waals surface area contributed by atoms with E-state index in [1.54, 1.807) is 21.3 Å². The van der Waals surface area contributed by atoms with E-state index in [9.17, 15) is 4.79 Å². The van der Waals surface area contributed by atoms with Crippen LogP contribution in [0.2, 0.25) is 0 Å². The number of benzene rings is 2. The third-order valence-electron chi connectivity index (χ3n) is 4.12. The van der Waals surface area contributed by atoms with Gasteiger partial charge in [-0.1, -0.05) is 30.0 Å². The Morgan fingerprint density at radius 3 is 2.50 bits per heavy atom. The summed E-state index contributed by atoms with van der Waals surface area (Å²) in [5, 5.41) is 0.589. The molecule has 6 nitrogen and oxygen atoms in total. The second-order valence-electron chi connectivity index (χ2n) is 6.05. The molecule has 0 amide bonds. The number of nitrogens with one attached hydrogen (secondary N) is 1. The molecule has 7 heteroatoms. The van der Waals surface area contributed by atoms with Crippen LogP contribution in [-0.2, 0) is 12.2 Å². The van der Waals surface area contributed by atoms with E-state index in [1.165, 1.54) is 17.8 Å². The number of thioether (sulfide) groups is 1. The number of aromatic amines is 1. The summed E-state index contributed by atoms with van der Waals surface area (Å²) < 4.78 is 15.8. The molecule has 28 heavy (non-hydrogen) atoms. The van der Waals surface area contributed by atoms with Gasteiger partial charge in [-0.3, -0.25) is 4.79 Å². The molecule has 0 atom stereocenters. The van der Waals surface area contributed by atoms with E-state index >= 15 is 0 Å². The first-order chi connectivity index (χ1) is 13.6. The van der Waals surface area contributed by atoms with Crippen molar-refractivity contribution in [3.05, 3.63) is 75.7 Å². The molecule has 1 heterocycles. The first-order valence-corrected chi connectivity index (χ1v) is 9.66. The van der Waals surface area contributed by atoms with Gasteiger partial charge in [0.05, 0.1) is 27.0 Å². The second-order valence-corrected chi connectivity index (χ2v) is 7.01. The topological polar surface area (TPSA) is 73.4 Å². The molecular weight excluding hydrogens is 376 g/mol. The molecule has 3 rings (SSSR count). The van der Waals surface area contributed by atoms with Crippen molar-refractivity contribution < 1.29 is 14.2 Å². The van der Waals surface area contributed by atoms with Gasteiger partial charge >= 0.3 is 0 Å². The van der Waals surface area contributed by atoms with E-state index in [0.717, 1.165) is 16.9 Å². The molecule has 3 aromatic rings. The van der Waals surface area contributed by atoms with E-state index in [1.807, 2.05) is 42.5 Å². The monoisotopic (exact) mass is 398 g/mol. The highest BCUT2D eigenvalue weighted by Crippen LogP contribution is 2.28. The minimum atomic E-state index is -0.168. The van der Waals surface area contributed by atoms with E-state index in [4.69, 9.17) is 14.2 Å². The summed E-state index contributed by atoms with van der Waals surface area (Å²) in [4.78, 5) is 19.4. The standard InChI is InChI=1S/C21H22N2O4S/c1-25-17-6-4-5-15(10-17)13-28-21-22-16(12-20(24)23-21)9-14-7-8-18(26-2)19(11-14)27-3/h4-8,10-12H,9,13H2,1-3H3,(H,22,23,24). The first kappa shape index (κ1) is 19.8. The van der Waals surface area contributed by atoms with Gasteiger partial charge in [-0.25, -0.2) is 4.98 Å². The fourth-order valence-electron chi connectivity index (χ4n) is 2.76. The van der Waals surface area contributed by atoms with Gasteiger partial charge in [-0.05, 0) is 35.4 Å². The Labute approximate surface area is 167 Å². The van der Waals surface area contributed by atoms with Crippen molar-refractivity contribution in [2.45, 2.75) is 17.3 Å². The van der Waals surface area contributed by atoms with Crippen molar-refractivity contribution in [1.29, 1.82) is 0 Å². The Hall–Kier alpha value is -2.93. The number of hydrogen-bond donors (Lipinski definition) is 1. The summed E-state index contributed by atoms with van der Waals surface area (Å²) in [6.07, 6.45) is 0.525. The zero-order valence-electron chi connectivity index (χ0n) is 16.0. The zero-order valence-corrected chi connectivity index (χ0v) is 16.8. The molecule has 0 spiro atoms. The maximum Gasteiger partial charge on any atom is 0.251 e. The molecule has 0 fully saturated rings. The second kappa shape index (κ2) is 9.32. The summed E-state index contributed by atoms with van der Waals surface area (Å²) in [7, 11) is 4.84. The summed E-state index contributed by atoms with van der Waals surface area (Å²) in [5.41, 5.74) is 2.61. The summed E-state index contributed by atoms with van der Waals surface area (Å²) >= 11 is 1.48. The van der Waals surface area contributed by atoms with Crippen LogP contribution in [-0.4, -0.2) is 31.3 Å². The molecule has 0 unspecified atom stereocenters. The van der Waals surface area contributed by atoms with E-state index in [0.29, 0.717) is 34.5 Å². The van der Waals surface area contributed by atoms with Crippen LogP contribution >= 0.6 is 11.8 Å².